The molecule has 5 heteroatoms. The molecule has 0 amide bonds. The average molecular weight is 439 g/mol. The third kappa shape index (κ3) is 5.18. The van der Waals surface area contributed by atoms with Gasteiger partial charge in [-0.05, 0) is 49.1 Å². The largest absolute Gasteiger partial charge is 0.496 e. The molecule has 0 N–H and O–H groups in total. The first-order chi connectivity index (χ1) is 16.1. The molecule has 2 heterocycles. The minimum absolute atomic E-state index is 0.631. The molecular formula is C28H30N4O. The molecule has 0 unspecified atom stereocenters. The standard InChI is InChI=1S/C26H24N4O.C2H6/c1-17-16-30-23-14-24(31-3)20(10-11-21-5-4-12-29-21)13-22(23)25(17)26(28-2)19-8-6-18(15-27)7-9-19;1-2/h5-9,12-14,16H,4,10-11H2,1-3H3;1-2H3. The summed E-state index contributed by atoms with van der Waals surface area (Å²) in [7, 11) is 3.50. The maximum absolute atomic E-state index is 9.12. The Balaban J connectivity index is 0.00000149. The van der Waals surface area contributed by atoms with E-state index in [1.807, 2.05) is 56.6 Å². The second kappa shape index (κ2) is 11.2. The molecular weight excluding hydrogens is 408 g/mol. The van der Waals surface area contributed by atoms with Crippen molar-refractivity contribution in [1.82, 2.24) is 4.98 Å². The van der Waals surface area contributed by atoms with Gasteiger partial charge in [-0.25, -0.2) is 0 Å². The molecule has 0 aliphatic carbocycles. The summed E-state index contributed by atoms with van der Waals surface area (Å²) in [6.45, 7) is 6.05. The molecule has 1 aliphatic heterocycles. The van der Waals surface area contributed by atoms with Gasteiger partial charge in [-0.3, -0.25) is 15.0 Å². The van der Waals surface area contributed by atoms with Crippen LogP contribution in [0.2, 0.25) is 0 Å². The first-order valence-electron chi connectivity index (χ1n) is 11.3. The summed E-state index contributed by atoms with van der Waals surface area (Å²) in [6.07, 6.45) is 8.61. The Hall–Kier alpha value is -3.78. The normalized spacial score (nSPS) is 12.7. The summed E-state index contributed by atoms with van der Waals surface area (Å²) in [5.41, 5.74) is 7.71. The Morgan fingerprint density at radius 3 is 2.52 bits per heavy atom. The average Bonchev–Trinajstić information content (AvgIpc) is 3.39. The highest BCUT2D eigenvalue weighted by molar-refractivity contribution is 6.20. The molecule has 0 bridgehead atoms. The maximum Gasteiger partial charge on any atom is 0.124 e. The maximum atomic E-state index is 9.12. The molecule has 3 aromatic rings. The van der Waals surface area contributed by atoms with E-state index in [1.165, 1.54) is 0 Å². The molecule has 33 heavy (non-hydrogen) atoms. The number of benzene rings is 2. The summed E-state index contributed by atoms with van der Waals surface area (Å²) in [6, 6.07) is 13.9. The fraction of sp³-hybridized carbons (Fsp3) is 0.286. The van der Waals surface area contributed by atoms with Crippen molar-refractivity contribution in [2.45, 2.75) is 40.0 Å². The van der Waals surface area contributed by atoms with E-state index in [9.17, 15) is 0 Å². The van der Waals surface area contributed by atoms with Crippen molar-refractivity contribution >= 4 is 22.8 Å². The smallest absolute Gasteiger partial charge is 0.124 e. The number of ether oxygens (including phenoxy) is 1. The summed E-state index contributed by atoms with van der Waals surface area (Å²) in [5, 5.41) is 10.2. The van der Waals surface area contributed by atoms with Gasteiger partial charge in [-0.2, -0.15) is 5.26 Å². The lowest BCUT2D eigenvalue weighted by atomic mass is 9.93. The molecule has 5 nitrogen and oxygen atoms in total. The molecule has 0 atom stereocenters. The minimum Gasteiger partial charge on any atom is -0.496 e. The van der Waals surface area contributed by atoms with Gasteiger partial charge in [-0.1, -0.05) is 32.1 Å². The van der Waals surface area contributed by atoms with Crippen LogP contribution >= 0.6 is 0 Å². The number of nitriles is 1. The second-order valence-electron chi connectivity index (χ2n) is 7.50. The highest BCUT2D eigenvalue weighted by atomic mass is 16.5. The van der Waals surface area contributed by atoms with Gasteiger partial charge in [0.2, 0.25) is 0 Å². The molecule has 0 fully saturated rings. The topological polar surface area (TPSA) is 70.6 Å². The first-order valence-corrected chi connectivity index (χ1v) is 11.3. The number of fused-ring (bicyclic) bond motifs is 1. The predicted molar refractivity (Wildman–Crippen MR) is 137 cm³/mol. The van der Waals surface area contributed by atoms with E-state index in [2.05, 4.69) is 40.1 Å². The Morgan fingerprint density at radius 2 is 1.91 bits per heavy atom. The van der Waals surface area contributed by atoms with E-state index in [0.29, 0.717) is 5.56 Å². The van der Waals surface area contributed by atoms with Crippen LogP contribution in [0.25, 0.3) is 10.9 Å². The summed E-state index contributed by atoms with van der Waals surface area (Å²) in [5.74, 6) is 0.839. The molecule has 1 aromatic heterocycles. The lowest BCUT2D eigenvalue weighted by molar-refractivity contribution is 0.410. The van der Waals surface area contributed by atoms with Crippen LogP contribution in [0.15, 0.2) is 64.4 Å². The molecule has 0 saturated carbocycles. The van der Waals surface area contributed by atoms with Gasteiger partial charge in [0, 0.05) is 54.2 Å². The first kappa shape index (κ1) is 23.9. The number of hydrogen-bond donors (Lipinski definition) is 0. The van der Waals surface area contributed by atoms with E-state index in [-0.39, 0.29) is 0 Å². The van der Waals surface area contributed by atoms with Crippen LogP contribution < -0.4 is 4.74 Å². The van der Waals surface area contributed by atoms with E-state index < -0.39 is 0 Å². The fourth-order valence-corrected chi connectivity index (χ4v) is 3.99. The second-order valence-corrected chi connectivity index (χ2v) is 7.50. The van der Waals surface area contributed by atoms with Crippen molar-refractivity contribution in [2.75, 3.05) is 14.2 Å². The van der Waals surface area contributed by atoms with E-state index in [1.54, 1.807) is 14.2 Å². The molecule has 0 saturated heterocycles. The fourth-order valence-electron chi connectivity index (χ4n) is 3.99. The number of rotatable bonds is 6. The highest BCUT2D eigenvalue weighted by Crippen LogP contribution is 2.31. The third-order valence-corrected chi connectivity index (χ3v) is 5.57. The Bertz CT molecular complexity index is 1260. The number of hydrogen-bond acceptors (Lipinski definition) is 5. The van der Waals surface area contributed by atoms with Crippen LogP contribution in [0.1, 0.15) is 54.5 Å². The van der Waals surface area contributed by atoms with Gasteiger partial charge in [0.15, 0.2) is 0 Å². The number of pyridine rings is 1. The van der Waals surface area contributed by atoms with Gasteiger partial charge in [0.1, 0.15) is 5.75 Å². The van der Waals surface area contributed by atoms with Crippen LogP contribution in [0.3, 0.4) is 0 Å². The summed E-state index contributed by atoms with van der Waals surface area (Å²) in [4.78, 5) is 13.7. The van der Waals surface area contributed by atoms with Gasteiger partial charge in [0.25, 0.3) is 0 Å². The summed E-state index contributed by atoms with van der Waals surface area (Å²) >= 11 is 0. The zero-order valence-corrected chi connectivity index (χ0v) is 20.0. The number of aryl methyl sites for hydroxylation is 2. The minimum atomic E-state index is 0.631. The van der Waals surface area contributed by atoms with Gasteiger partial charge in [-0.15, -0.1) is 0 Å². The van der Waals surface area contributed by atoms with E-state index >= 15 is 0 Å². The van der Waals surface area contributed by atoms with Crippen molar-refractivity contribution < 1.29 is 4.74 Å². The zero-order valence-electron chi connectivity index (χ0n) is 20.0. The highest BCUT2D eigenvalue weighted by Gasteiger charge is 2.17. The quantitative estimate of drug-likeness (QED) is 0.430. The molecule has 168 valence electrons. The zero-order chi connectivity index (χ0) is 23.8. The SMILES string of the molecule is CC.CN=C(c1ccc(C#N)cc1)c1c(C)cnc2cc(OC)c(CCC3=CCC=N3)cc12. The Kier molecular flexibility index (Phi) is 8.10. The number of methoxy groups -OCH3 is 1. The lowest BCUT2D eigenvalue weighted by Gasteiger charge is -2.16. The predicted octanol–water partition coefficient (Wildman–Crippen LogP) is 6.21. The van der Waals surface area contributed by atoms with Crippen molar-refractivity contribution in [2.24, 2.45) is 9.98 Å². The van der Waals surface area contributed by atoms with Crippen molar-refractivity contribution in [3.63, 3.8) is 0 Å². The van der Waals surface area contributed by atoms with Crippen LogP contribution in [-0.4, -0.2) is 31.1 Å². The van der Waals surface area contributed by atoms with E-state index in [0.717, 1.165) is 69.6 Å². The van der Waals surface area contributed by atoms with Crippen LogP contribution in [0, 0.1) is 18.3 Å². The van der Waals surface area contributed by atoms with Gasteiger partial charge in [0.05, 0.1) is 30.0 Å². The molecule has 4 rings (SSSR count). The van der Waals surface area contributed by atoms with Crippen LogP contribution in [-0.2, 0) is 6.42 Å². The Labute approximate surface area is 196 Å². The van der Waals surface area contributed by atoms with Crippen LogP contribution in [0.4, 0.5) is 0 Å². The number of aromatic nitrogens is 1. The van der Waals surface area contributed by atoms with Gasteiger partial charge < -0.3 is 4.74 Å². The third-order valence-electron chi connectivity index (χ3n) is 5.57. The number of allylic oxidation sites excluding steroid dienone is 2. The monoisotopic (exact) mass is 438 g/mol. The van der Waals surface area contributed by atoms with Gasteiger partial charge >= 0.3 is 0 Å². The molecule has 0 spiro atoms. The number of aliphatic imine (C=N–C) groups is 2. The molecule has 2 aromatic carbocycles. The molecule has 1 aliphatic rings. The van der Waals surface area contributed by atoms with Crippen molar-refractivity contribution in [1.29, 1.82) is 5.26 Å². The van der Waals surface area contributed by atoms with Crippen molar-refractivity contribution in [3.05, 3.63) is 82.2 Å². The Morgan fingerprint density at radius 1 is 1.15 bits per heavy atom. The molecule has 0 radical (unpaired) electrons. The van der Waals surface area contributed by atoms with Crippen molar-refractivity contribution in [3.8, 4) is 11.8 Å². The van der Waals surface area contributed by atoms with Crippen LogP contribution in [0.5, 0.6) is 5.75 Å². The number of nitrogens with zero attached hydrogens (tertiary/aromatic N) is 4. The summed E-state index contributed by atoms with van der Waals surface area (Å²) < 4.78 is 5.68. The van der Waals surface area contributed by atoms with E-state index in [4.69, 9.17) is 10.00 Å². The lowest BCUT2D eigenvalue weighted by Crippen LogP contribution is -2.08.